The number of sulfonamides is 1. The SMILES string of the molecule is CC(C)n1cnn(CN2CCN(S(=O)(=O)c3cc(Cl)ccc3Cl)CC2)c1=S. The van der Waals surface area contributed by atoms with Crippen LogP contribution in [0.25, 0.3) is 0 Å². The Balaban J connectivity index is 1.68. The van der Waals surface area contributed by atoms with Gasteiger partial charge in [0.1, 0.15) is 11.2 Å². The molecular weight excluding hydrogens is 429 g/mol. The van der Waals surface area contributed by atoms with Crippen molar-refractivity contribution in [2.24, 2.45) is 0 Å². The van der Waals surface area contributed by atoms with Crippen LogP contribution in [0.15, 0.2) is 29.4 Å². The Hall–Kier alpha value is -0.970. The first kappa shape index (κ1) is 20.8. The lowest BCUT2D eigenvalue weighted by Gasteiger charge is -2.33. The van der Waals surface area contributed by atoms with Gasteiger partial charge in [0.2, 0.25) is 10.0 Å². The van der Waals surface area contributed by atoms with Gasteiger partial charge in [0, 0.05) is 37.2 Å². The van der Waals surface area contributed by atoms with Crippen LogP contribution in [-0.2, 0) is 16.7 Å². The van der Waals surface area contributed by atoms with Gasteiger partial charge in [-0.1, -0.05) is 23.2 Å². The first-order chi connectivity index (χ1) is 12.7. The number of aromatic nitrogens is 3. The van der Waals surface area contributed by atoms with Gasteiger partial charge in [-0.3, -0.25) is 4.90 Å². The van der Waals surface area contributed by atoms with Gasteiger partial charge in [-0.05, 0) is 44.3 Å². The zero-order valence-electron chi connectivity index (χ0n) is 15.0. The molecule has 0 atom stereocenters. The molecule has 1 aromatic carbocycles. The molecule has 7 nitrogen and oxygen atoms in total. The van der Waals surface area contributed by atoms with Crippen molar-refractivity contribution >= 4 is 45.4 Å². The summed E-state index contributed by atoms with van der Waals surface area (Å²) >= 11 is 17.5. The molecule has 27 heavy (non-hydrogen) atoms. The highest BCUT2D eigenvalue weighted by molar-refractivity contribution is 7.89. The summed E-state index contributed by atoms with van der Waals surface area (Å²) in [6.45, 7) is 6.51. The van der Waals surface area contributed by atoms with Crippen molar-refractivity contribution in [1.29, 1.82) is 0 Å². The minimum atomic E-state index is -3.68. The molecule has 11 heteroatoms. The van der Waals surface area contributed by atoms with Crippen molar-refractivity contribution in [2.75, 3.05) is 26.2 Å². The largest absolute Gasteiger partial charge is 0.304 e. The fraction of sp³-hybridized carbons (Fsp3) is 0.500. The van der Waals surface area contributed by atoms with Crippen LogP contribution in [0, 0.1) is 4.77 Å². The van der Waals surface area contributed by atoms with Crippen molar-refractivity contribution in [3.8, 4) is 0 Å². The van der Waals surface area contributed by atoms with Crippen molar-refractivity contribution in [3.05, 3.63) is 39.3 Å². The van der Waals surface area contributed by atoms with Gasteiger partial charge in [-0.15, -0.1) is 0 Å². The monoisotopic (exact) mass is 449 g/mol. The molecule has 148 valence electrons. The Kier molecular flexibility index (Phi) is 6.29. The van der Waals surface area contributed by atoms with E-state index in [1.807, 2.05) is 18.4 Å². The highest BCUT2D eigenvalue weighted by Crippen LogP contribution is 2.28. The molecule has 1 saturated heterocycles. The van der Waals surface area contributed by atoms with Crippen LogP contribution in [0.5, 0.6) is 0 Å². The molecule has 0 saturated carbocycles. The summed E-state index contributed by atoms with van der Waals surface area (Å²) in [5.41, 5.74) is 0. The Morgan fingerprint density at radius 1 is 1.19 bits per heavy atom. The van der Waals surface area contributed by atoms with E-state index in [1.165, 1.54) is 16.4 Å². The van der Waals surface area contributed by atoms with E-state index in [9.17, 15) is 8.42 Å². The van der Waals surface area contributed by atoms with Crippen molar-refractivity contribution < 1.29 is 8.42 Å². The molecule has 1 aliphatic rings. The standard InChI is InChI=1S/C16H21Cl2N5O2S2/c1-12(2)22-10-19-23(16(22)26)11-20-5-7-21(8-6-20)27(24,25)15-9-13(17)3-4-14(15)18/h3-4,9-10,12H,5-8,11H2,1-2H3. The van der Waals surface area contributed by atoms with Crippen LogP contribution in [-0.4, -0.2) is 58.1 Å². The average Bonchev–Trinajstić information content (AvgIpc) is 2.98. The maximum atomic E-state index is 12.9. The summed E-state index contributed by atoms with van der Waals surface area (Å²) in [5.74, 6) is 0. The third kappa shape index (κ3) is 4.38. The predicted octanol–water partition coefficient (Wildman–Crippen LogP) is 3.27. The van der Waals surface area contributed by atoms with Crippen LogP contribution in [0.3, 0.4) is 0 Å². The lowest BCUT2D eigenvalue weighted by Crippen LogP contribution is -2.49. The number of halogens is 2. The van der Waals surface area contributed by atoms with Crippen LogP contribution >= 0.6 is 35.4 Å². The summed E-state index contributed by atoms with van der Waals surface area (Å²) in [6, 6.07) is 4.71. The van der Waals surface area contributed by atoms with E-state index in [0.29, 0.717) is 42.6 Å². The molecule has 2 aromatic rings. The van der Waals surface area contributed by atoms with Gasteiger partial charge in [0.15, 0.2) is 4.77 Å². The van der Waals surface area contributed by atoms with Crippen LogP contribution < -0.4 is 0 Å². The molecule has 0 N–H and O–H groups in total. The summed E-state index contributed by atoms with van der Waals surface area (Å²) in [4.78, 5) is 2.17. The molecular formula is C16H21Cl2N5O2S2. The minimum Gasteiger partial charge on any atom is -0.304 e. The zero-order chi connectivity index (χ0) is 19.8. The summed E-state index contributed by atoms with van der Waals surface area (Å²) < 4.78 is 31.5. The molecule has 2 heterocycles. The Morgan fingerprint density at radius 3 is 2.44 bits per heavy atom. The first-order valence-electron chi connectivity index (χ1n) is 8.51. The summed E-state index contributed by atoms with van der Waals surface area (Å²) in [7, 11) is -3.68. The molecule has 0 aliphatic carbocycles. The maximum Gasteiger partial charge on any atom is 0.244 e. The maximum absolute atomic E-state index is 12.9. The number of hydrogen-bond acceptors (Lipinski definition) is 5. The molecule has 0 amide bonds. The summed E-state index contributed by atoms with van der Waals surface area (Å²) in [6.07, 6.45) is 1.73. The molecule has 0 bridgehead atoms. The van der Waals surface area contributed by atoms with E-state index in [4.69, 9.17) is 35.4 Å². The van der Waals surface area contributed by atoms with Gasteiger partial charge in [-0.2, -0.15) is 9.40 Å². The first-order valence-corrected chi connectivity index (χ1v) is 11.1. The van der Waals surface area contributed by atoms with Gasteiger partial charge >= 0.3 is 0 Å². The van der Waals surface area contributed by atoms with Crippen molar-refractivity contribution in [3.63, 3.8) is 0 Å². The predicted molar refractivity (Wildman–Crippen MR) is 108 cm³/mol. The van der Waals surface area contributed by atoms with Gasteiger partial charge in [0.25, 0.3) is 0 Å². The van der Waals surface area contributed by atoms with Crippen molar-refractivity contribution in [1.82, 2.24) is 23.6 Å². The quantitative estimate of drug-likeness (QED) is 0.655. The molecule has 0 radical (unpaired) electrons. The highest BCUT2D eigenvalue weighted by atomic mass is 35.5. The van der Waals surface area contributed by atoms with Crippen LogP contribution in [0.2, 0.25) is 10.0 Å². The van der Waals surface area contributed by atoms with Crippen LogP contribution in [0.1, 0.15) is 19.9 Å². The second-order valence-corrected chi connectivity index (χ2v) is 9.77. The molecule has 1 fully saturated rings. The number of hydrogen-bond donors (Lipinski definition) is 0. The Labute approximate surface area is 174 Å². The normalized spacial score (nSPS) is 16.9. The lowest BCUT2D eigenvalue weighted by atomic mass is 10.4. The molecule has 1 aliphatic heterocycles. The molecule has 3 rings (SSSR count). The number of benzene rings is 1. The van der Waals surface area contributed by atoms with E-state index in [1.54, 1.807) is 17.1 Å². The van der Waals surface area contributed by atoms with Gasteiger partial charge < -0.3 is 4.57 Å². The molecule has 0 spiro atoms. The number of nitrogens with zero attached hydrogens (tertiary/aromatic N) is 5. The number of piperazine rings is 1. The van der Waals surface area contributed by atoms with E-state index in [-0.39, 0.29) is 16.0 Å². The molecule has 1 aromatic heterocycles. The minimum absolute atomic E-state index is 0.0445. The second kappa shape index (κ2) is 8.18. The van der Waals surface area contributed by atoms with Crippen LogP contribution in [0.4, 0.5) is 0 Å². The lowest BCUT2D eigenvalue weighted by molar-refractivity contribution is 0.144. The highest BCUT2D eigenvalue weighted by Gasteiger charge is 2.30. The van der Waals surface area contributed by atoms with E-state index in [2.05, 4.69) is 10.00 Å². The average molecular weight is 450 g/mol. The summed E-state index contributed by atoms with van der Waals surface area (Å²) in [5, 5.41) is 4.85. The van der Waals surface area contributed by atoms with E-state index < -0.39 is 10.0 Å². The van der Waals surface area contributed by atoms with Gasteiger partial charge in [0.05, 0.1) is 11.7 Å². The van der Waals surface area contributed by atoms with Crippen molar-refractivity contribution in [2.45, 2.75) is 31.5 Å². The smallest absolute Gasteiger partial charge is 0.244 e. The zero-order valence-corrected chi connectivity index (χ0v) is 18.2. The Morgan fingerprint density at radius 2 is 1.85 bits per heavy atom. The molecule has 0 unspecified atom stereocenters. The topological polar surface area (TPSA) is 63.4 Å². The van der Waals surface area contributed by atoms with E-state index in [0.717, 1.165) is 0 Å². The fourth-order valence-corrected chi connectivity index (χ4v) is 5.44. The van der Waals surface area contributed by atoms with E-state index >= 15 is 0 Å². The third-order valence-corrected chi connectivity index (χ3v) is 7.53. The Bertz CT molecular complexity index is 979. The number of rotatable bonds is 5. The fourth-order valence-electron chi connectivity index (χ4n) is 2.92. The second-order valence-electron chi connectivity index (χ2n) is 6.65. The third-order valence-electron chi connectivity index (χ3n) is 4.49. The van der Waals surface area contributed by atoms with Gasteiger partial charge in [-0.25, -0.2) is 13.1 Å².